The van der Waals surface area contributed by atoms with E-state index in [4.69, 9.17) is 16.3 Å². The molecule has 1 aromatic heterocycles. The van der Waals surface area contributed by atoms with E-state index in [9.17, 15) is 8.42 Å². The number of nitrogens with zero attached hydrogens (tertiary/aromatic N) is 1. The third-order valence-corrected chi connectivity index (χ3v) is 6.09. The lowest BCUT2D eigenvalue weighted by atomic mass is 10.1. The highest BCUT2D eigenvalue weighted by atomic mass is 35.5. The molecule has 0 saturated heterocycles. The highest BCUT2D eigenvalue weighted by molar-refractivity contribution is 7.91. The molecule has 0 aliphatic rings. The van der Waals surface area contributed by atoms with E-state index in [0.717, 1.165) is 5.39 Å². The summed E-state index contributed by atoms with van der Waals surface area (Å²) in [5.41, 5.74) is 0.469. The lowest BCUT2D eigenvalue weighted by Crippen LogP contribution is -2.04. The molecule has 1 heterocycles. The third kappa shape index (κ3) is 2.71. The minimum absolute atomic E-state index is 0.0557. The number of nitrogens with one attached hydrogen (secondary N) is 1. The molecule has 0 aliphatic carbocycles. The van der Waals surface area contributed by atoms with Gasteiger partial charge in [-0.15, -0.1) is 11.6 Å². The van der Waals surface area contributed by atoms with Crippen LogP contribution in [0.15, 0.2) is 70.6 Å². The number of aromatic amines is 1. The summed E-state index contributed by atoms with van der Waals surface area (Å²) < 4.78 is 32.2. The standard InChI is InChI=1S/C19H15ClN2O3S/c20-11-12-25-16-9-4-8-15-18(16)21-22-19(15)26(23,24)17-10-3-6-13-5-1-2-7-14(13)17/h1-10H,11-12H2,(H,21,22). The Morgan fingerprint density at radius 2 is 1.69 bits per heavy atom. The Balaban J connectivity index is 1.91. The van der Waals surface area contributed by atoms with Gasteiger partial charge in [-0.25, -0.2) is 8.42 Å². The van der Waals surface area contributed by atoms with Gasteiger partial charge in [0.2, 0.25) is 9.84 Å². The van der Waals surface area contributed by atoms with Crippen molar-refractivity contribution in [3.8, 4) is 5.75 Å². The summed E-state index contributed by atoms with van der Waals surface area (Å²) in [6, 6.07) is 17.8. The Morgan fingerprint density at radius 1 is 0.962 bits per heavy atom. The number of fused-ring (bicyclic) bond motifs is 2. The van der Waals surface area contributed by atoms with E-state index >= 15 is 0 Å². The number of aromatic nitrogens is 2. The molecule has 3 aromatic carbocycles. The molecule has 0 radical (unpaired) electrons. The summed E-state index contributed by atoms with van der Waals surface area (Å²) in [6.07, 6.45) is 0. The lowest BCUT2D eigenvalue weighted by Gasteiger charge is -2.07. The van der Waals surface area contributed by atoms with Gasteiger partial charge in [0.25, 0.3) is 0 Å². The van der Waals surface area contributed by atoms with Crippen molar-refractivity contribution in [1.29, 1.82) is 0 Å². The summed E-state index contributed by atoms with van der Waals surface area (Å²) in [7, 11) is -3.79. The fourth-order valence-corrected chi connectivity index (χ4v) is 4.65. The second-order valence-corrected chi connectivity index (χ2v) is 7.96. The first-order valence-corrected chi connectivity index (χ1v) is 10.0. The largest absolute Gasteiger partial charge is 0.490 e. The van der Waals surface area contributed by atoms with E-state index in [1.54, 1.807) is 36.4 Å². The monoisotopic (exact) mass is 386 g/mol. The zero-order valence-corrected chi connectivity index (χ0v) is 15.2. The molecule has 26 heavy (non-hydrogen) atoms. The molecular weight excluding hydrogens is 372 g/mol. The third-order valence-electron chi connectivity index (χ3n) is 4.16. The molecule has 0 aliphatic heterocycles. The zero-order chi connectivity index (χ0) is 18.1. The average Bonchev–Trinajstić information content (AvgIpc) is 3.11. The fourth-order valence-electron chi connectivity index (χ4n) is 3.00. The first-order valence-electron chi connectivity index (χ1n) is 8.01. The predicted octanol–water partition coefficient (Wildman–Crippen LogP) is 4.17. The summed E-state index contributed by atoms with van der Waals surface area (Å²) in [5.74, 6) is 0.834. The van der Waals surface area contributed by atoms with Crippen molar-refractivity contribution in [2.24, 2.45) is 0 Å². The van der Waals surface area contributed by atoms with Crippen LogP contribution in [-0.2, 0) is 9.84 Å². The van der Waals surface area contributed by atoms with Gasteiger partial charge >= 0.3 is 0 Å². The molecule has 0 amide bonds. The second kappa shape index (κ2) is 6.63. The van der Waals surface area contributed by atoms with Gasteiger partial charge in [-0.1, -0.05) is 42.5 Å². The van der Waals surface area contributed by atoms with E-state index < -0.39 is 9.84 Å². The highest BCUT2D eigenvalue weighted by Crippen LogP contribution is 2.33. The van der Waals surface area contributed by atoms with E-state index in [-0.39, 0.29) is 9.92 Å². The normalized spacial score (nSPS) is 11.9. The molecule has 0 spiro atoms. The summed E-state index contributed by atoms with van der Waals surface area (Å²) >= 11 is 5.67. The minimum Gasteiger partial charge on any atom is -0.490 e. The van der Waals surface area contributed by atoms with Crippen molar-refractivity contribution in [2.75, 3.05) is 12.5 Å². The van der Waals surface area contributed by atoms with Gasteiger partial charge in [0.05, 0.1) is 10.8 Å². The molecule has 132 valence electrons. The van der Waals surface area contributed by atoms with Gasteiger partial charge in [0, 0.05) is 10.8 Å². The van der Waals surface area contributed by atoms with Gasteiger partial charge in [-0.05, 0) is 23.6 Å². The first kappa shape index (κ1) is 16.9. The van der Waals surface area contributed by atoms with Crippen LogP contribution < -0.4 is 4.74 Å². The summed E-state index contributed by atoms with van der Waals surface area (Å²) in [5, 5.41) is 8.94. The molecule has 0 saturated carbocycles. The number of rotatable bonds is 5. The number of hydrogen-bond acceptors (Lipinski definition) is 4. The van der Waals surface area contributed by atoms with Crippen molar-refractivity contribution >= 4 is 43.1 Å². The Labute approximate surface area is 155 Å². The molecule has 0 fully saturated rings. The molecule has 5 nitrogen and oxygen atoms in total. The van der Waals surface area contributed by atoms with Crippen molar-refractivity contribution in [3.63, 3.8) is 0 Å². The molecular formula is C19H15ClN2O3S. The minimum atomic E-state index is -3.79. The Hall–Kier alpha value is -2.57. The van der Waals surface area contributed by atoms with Crippen molar-refractivity contribution in [2.45, 2.75) is 9.92 Å². The van der Waals surface area contributed by atoms with Crippen LogP contribution >= 0.6 is 11.6 Å². The van der Waals surface area contributed by atoms with Crippen molar-refractivity contribution in [1.82, 2.24) is 10.2 Å². The Morgan fingerprint density at radius 3 is 2.54 bits per heavy atom. The van der Waals surface area contributed by atoms with Crippen LogP contribution in [0.4, 0.5) is 0 Å². The van der Waals surface area contributed by atoms with Crippen LogP contribution in [0.3, 0.4) is 0 Å². The molecule has 1 N–H and O–H groups in total. The maximum atomic E-state index is 13.3. The maximum Gasteiger partial charge on any atom is 0.224 e. The molecule has 7 heteroatoms. The fraction of sp³-hybridized carbons (Fsp3) is 0.105. The van der Waals surface area contributed by atoms with E-state index in [2.05, 4.69) is 10.2 Å². The van der Waals surface area contributed by atoms with Crippen molar-refractivity contribution < 1.29 is 13.2 Å². The van der Waals surface area contributed by atoms with Crippen LogP contribution in [0, 0.1) is 0 Å². The van der Waals surface area contributed by atoms with Crippen LogP contribution in [0.25, 0.3) is 21.7 Å². The topological polar surface area (TPSA) is 72.0 Å². The summed E-state index contributed by atoms with van der Waals surface area (Å²) in [6.45, 7) is 0.318. The lowest BCUT2D eigenvalue weighted by molar-refractivity contribution is 0.346. The first-order chi connectivity index (χ1) is 12.6. The molecule has 0 unspecified atom stereocenters. The van der Waals surface area contributed by atoms with Gasteiger partial charge in [-0.3, -0.25) is 5.10 Å². The number of hydrogen-bond donors (Lipinski definition) is 1. The molecule has 4 rings (SSSR count). The second-order valence-electron chi connectivity index (χ2n) is 5.72. The Bertz CT molecular complexity index is 1200. The van der Waals surface area contributed by atoms with E-state index in [1.807, 2.05) is 24.3 Å². The van der Waals surface area contributed by atoms with E-state index in [1.165, 1.54) is 0 Å². The average molecular weight is 387 g/mol. The van der Waals surface area contributed by atoms with Crippen molar-refractivity contribution in [3.05, 3.63) is 60.7 Å². The van der Waals surface area contributed by atoms with Gasteiger partial charge in [-0.2, -0.15) is 5.10 Å². The number of para-hydroxylation sites is 1. The number of sulfone groups is 1. The number of halogens is 1. The molecule has 4 aromatic rings. The zero-order valence-electron chi connectivity index (χ0n) is 13.6. The van der Waals surface area contributed by atoms with E-state index in [0.29, 0.717) is 34.5 Å². The Kier molecular flexibility index (Phi) is 4.30. The maximum absolute atomic E-state index is 13.3. The molecule has 0 atom stereocenters. The van der Waals surface area contributed by atoms with Gasteiger partial charge in [0.1, 0.15) is 17.9 Å². The number of alkyl halides is 1. The number of ether oxygens (including phenoxy) is 1. The van der Waals surface area contributed by atoms with Crippen LogP contribution in [0.2, 0.25) is 0 Å². The van der Waals surface area contributed by atoms with Crippen LogP contribution in [0.1, 0.15) is 0 Å². The highest BCUT2D eigenvalue weighted by Gasteiger charge is 2.25. The number of benzene rings is 3. The van der Waals surface area contributed by atoms with Gasteiger partial charge < -0.3 is 4.74 Å². The van der Waals surface area contributed by atoms with Gasteiger partial charge in [0.15, 0.2) is 5.03 Å². The van der Waals surface area contributed by atoms with Crippen LogP contribution in [0.5, 0.6) is 5.75 Å². The smallest absolute Gasteiger partial charge is 0.224 e. The predicted molar refractivity (Wildman–Crippen MR) is 102 cm³/mol. The van der Waals surface area contributed by atoms with Crippen LogP contribution in [-0.4, -0.2) is 31.1 Å². The SMILES string of the molecule is O=S(=O)(c1cccc2ccccc12)c1[nH]nc2c(OCCCl)cccc12. The quantitative estimate of drug-likeness (QED) is 0.522. The molecule has 0 bridgehead atoms. The number of H-pyrrole nitrogens is 1. The summed E-state index contributed by atoms with van der Waals surface area (Å²) in [4.78, 5) is 0.244.